The van der Waals surface area contributed by atoms with E-state index in [1.807, 2.05) is 19.1 Å². The molecular formula is C13H11ClN4OS. The van der Waals surface area contributed by atoms with Gasteiger partial charge in [0.15, 0.2) is 5.58 Å². The molecule has 0 amide bonds. The summed E-state index contributed by atoms with van der Waals surface area (Å²) in [6.45, 7) is 1.95. The fourth-order valence-corrected chi connectivity index (χ4v) is 2.27. The number of furan rings is 1. The lowest BCUT2D eigenvalue weighted by atomic mass is 10.0. The highest BCUT2D eigenvalue weighted by Crippen LogP contribution is 2.23. The van der Waals surface area contributed by atoms with Crippen LogP contribution in [0.2, 0.25) is 0 Å². The number of pyridine rings is 1. The first kappa shape index (κ1) is 13.4. The Morgan fingerprint density at radius 1 is 1.50 bits per heavy atom. The number of hydrogen-bond acceptors (Lipinski definition) is 6. The van der Waals surface area contributed by atoms with Crippen LogP contribution in [0.25, 0.3) is 11.0 Å². The Hall–Kier alpha value is -1.63. The van der Waals surface area contributed by atoms with Crippen molar-refractivity contribution in [3.8, 4) is 0 Å². The van der Waals surface area contributed by atoms with Crippen molar-refractivity contribution in [2.45, 2.75) is 19.0 Å². The van der Waals surface area contributed by atoms with Gasteiger partial charge in [0.2, 0.25) is 0 Å². The first-order valence-corrected chi connectivity index (χ1v) is 6.79. The maximum atomic E-state index is 5.98. The molecule has 0 aliphatic carbocycles. The third-order valence-corrected chi connectivity index (χ3v) is 3.98. The fourth-order valence-electron chi connectivity index (χ4n) is 1.97. The normalized spacial score (nSPS) is 20.8. The largest absolute Gasteiger partial charge is 0.463 e. The van der Waals surface area contributed by atoms with Crippen molar-refractivity contribution < 1.29 is 4.42 Å². The van der Waals surface area contributed by atoms with Crippen LogP contribution in [0, 0.1) is 0 Å². The number of thiocarbonyl (C=S) groups is 1. The molecule has 0 bridgehead atoms. The molecule has 0 spiro atoms. The van der Waals surface area contributed by atoms with E-state index in [9.17, 15) is 0 Å². The second kappa shape index (κ2) is 5.05. The Labute approximate surface area is 125 Å². The van der Waals surface area contributed by atoms with E-state index in [0.29, 0.717) is 10.7 Å². The molecule has 1 aliphatic rings. The van der Waals surface area contributed by atoms with E-state index in [-0.39, 0.29) is 11.1 Å². The standard InChI is InChI=1S/C13H11ClN4OS/c1-6(13-17-11(14)10(20)12(15)18-13)8-4-7-2-3-19-9(7)5-16-8/h2-6,12H,15H2,1H3. The van der Waals surface area contributed by atoms with Crippen LogP contribution < -0.4 is 5.73 Å². The highest BCUT2D eigenvalue weighted by Gasteiger charge is 2.24. The summed E-state index contributed by atoms with van der Waals surface area (Å²) in [4.78, 5) is 13.2. The molecular weight excluding hydrogens is 296 g/mol. The Balaban J connectivity index is 1.98. The maximum absolute atomic E-state index is 5.98. The Kier molecular flexibility index (Phi) is 3.37. The predicted molar refractivity (Wildman–Crippen MR) is 83.7 cm³/mol. The number of halogens is 1. The van der Waals surface area contributed by atoms with Gasteiger partial charge in [0.05, 0.1) is 28.9 Å². The summed E-state index contributed by atoms with van der Waals surface area (Å²) >= 11 is 11.0. The zero-order valence-electron chi connectivity index (χ0n) is 10.6. The molecule has 0 radical (unpaired) electrons. The van der Waals surface area contributed by atoms with Crippen LogP contribution in [0.15, 0.2) is 39.0 Å². The summed E-state index contributed by atoms with van der Waals surface area (Å²) in [5.41, 5.74) is 7.39. The smallest absolute Gasteiger partial charge is 0.152 e. The van der Waals surface area contributed by atoms with Crippen molar-refractivity contribution in [1.29, 1.82) is 0 Å². The number of hydrogen-bond donors (Lipinski definition) is 1. The molecule has 1 aliphatic heterocycles. The van der Waals surface area contributed by atoms with Gasteiger partial charge in [-0.3, -0.25) is 4.98 Å². The Bertz CT molecular complexity index is 752. The van der Waals surface area contributed by atoms with Gasteiger partial charge in [-0.1, -0.05) is 23.8 Å². The highest BCUT2D eigenvalue weighted by atomic mass is 35.5. The first-order chi connectivity index (χ1) is 9.56. The number of rotatable bonds is 2. The maximum Gasteiger partial charge on any atom is 0.152 e. The van der Waals surface area contributed by atoms with Gasteiger partial charge in [-0.2, -0.15) is 0 Å². The summed E-state index contributed by atoms with van der Waals surface area (Å²) in [7, 11) is 0. The predicted octanol–water partition coefficient (Wildman–Crippen LogP) is 2.64. The molecule has 102 valence electrons. The number of amidine groups is 1. The van der Waals surface area contributed by atoms with Crippen molar-refractivity contribution in [2.24, 2.45) is 15.7 Å². The quantitative estimate of drug-likeness (QED) is 0.865. The third kappa shape index (κ3) is 2.26. The van der Waals surface area contributed by atoms with Crippen LogP contribution in [-0.4, -0.2) is 27.0 Å². The van der Waals surface area contributed by atoms with Gasteiger partial charge < -0.3 is 10.2 Å². The lowest BCUT2D eigenvalue weighted by Crippen LogP contribution is -2.36. The first-order valence-electron chi connectivity index (χ1n) is 6.01. The average Bonchev–Trinajstić information content (AvgIpc) is 2.90. The number of nitrogens with zero attached hydrogens (tertiary/aromatic N) is 3. The van der Waals surface area contributed by atoms with Gasteiger partial charge in [-0.25, -0.2) is 9.98 Å². The van der Waals surface area contributed by atoms with E-state index in [1.165, 1.54) is 0 Å². The van der Waals surface area contributed by atoms with Crippen molar-refractivity contribution in [2.75, 3.05) is 0 Å². The summed E-state index contributed by atoms with van der Waals surface area (Å²) in [6, 6.07) is 3.82. The van der Waals surface area contributed by atoms with E-state index in [2.05, 4.69) is 15.0 Å². The summed E-state index contributed by atoms with van der Waals surface area (Å²) in [5, 5.41) is 1.21. The van der Waals surface area contributed by atoms with Crippen LogP contribution in [0.1, 0.15) is 18.5 Å². The zero-order valence-corrected chi connectivity index (χ0v) is 12.1. The monoisotopic (exact) mass is 306 g/mol. The fraction of sp³-hybridized carbons (Fsp3) is 0.231. The van der Waals surface area contributed by atoms with E-state index in [4.69, 9.17) is 34.0 Å². The SMILES string of the molecule is CC(C1=NC(N)C(=S)C(Cl)=N1)c1cc2ccoc2cn1. The number of nitrogens with two attached hydrogens (primary N) is 1. The van der Waals surface area contributed by atoms with Crippen LogP contribution in [-0.2, 0) is 0 Å². The number of aromatic nitrogens is 1. The van der Waals surface area contributed by atoms with E-state index < -0.39 is 6.17 Å². The van der Waals surface area contributed by atoms with Gasteiger partial charge in [0, 0.05) is 5.39 Å². The van der Waals surface area contributed by atoms with Gasteiger partial charge in [0.25, 0.3) is 0 Å². The van der Waals surface area contributed by atoms with Crippen LogP contribution in [0.5, 0.6) is 0 Å². The zero-order chi connectivity index (χ0) is 14.3. The summed E-state index contributed by atoms with van der Waals surface area (Å²) < 4.78 is 5.27. The lowest BCUT2D eigenvalue weighted by Gasteiger charge is -2.18. The van der Waals surface area contributed by atoms with Gasteiger partial charge in [-0.05, 0) is 19.1 Å². The molecule has 0 fully saturated rings. The minimum Gasteiger partial charge on any atom is -0.463 e. The number of fused-ring (bicyclic) bond motifs is 1. The molecule has 2 atom stereocenters. The topological polar surface area (TPSA) is 76.8 Å². The molecule has 0 saturated heterocycles. The molecule has 0 aromatic carbocycles. The number of aliphatic imine (C=N–C) groups is 2. The lowest BCUT2D eigenvalue weighted by molar-refractivity contribution is 0.614. The second-order valence-electron chi connectivity index (χ2n) is 4.49. The molecule has 0 saturated carbocycles. The van der Waals surface area contributed by atoms with Crippen molar-refractivity contribution in [3.63, 3.8) is 0 Å². The summed E-state index contributed by atoms with van der Waals surface area (Å²) in [5.74, 6) is 0.406. The Morgan fingerprint density at radius 3 is 3.05 bits per heavy atom. The van der Waals surface area contributed by atoms with Gasteiger partial charge in [-0.15, -0.1) is 0 Å². The molecule has 2 N–H and O–H groups in total. The molecule has 3 rings (SSSR count). The Morgan fingerprint density at radius 2 is 2.30 bits per heavy atom. The minimum absolute atomic E-state index is 0.128. The molecule has 2 aromatic rings. The third-order valence-electron chi connectivity index (χ3n) is 3.15. The molecule has 2 aromatic heterocycles. The molecule has 7 heteroatoms. The van der Waals surface area contributed by atoms with Crippen molar-refractivity contribution in [1.82, 2.24) is 4.98 Å². The molecule has 3 heterocycles. The van der Waals surface area contributed by atoms with E-state index in [0.717, 1.165) is 16.7 Å². The van der Waals surface area contributed by atoms with E-state index in [1.54, 1.807) is 12.5 Å². The van der Waals surface area contributed by atoms with Crippen molar-refractivity contribution >= 4 is 50.7 Å². The molecule has 2 unspecified atom stereocenters. The van der Waals surface area contributed by atoms with Crippen LogP contribution >= 0.6 is 23.8 Å². The average molecular weight is 307 g/mol. The van der Waals surface area contributed by atoms with Crippen LogP contribution in [0.3, 0.4) is 0 Å². The van der Waals surface area contributed by atoms with Crippen LogP contribution in [0.4, 0.5) is 0 Å². The molecule has 5 nitrogen and oxygen atoms in total. The summed E-state index contributed by atoms with van der Waals surface area (Å²) in [6.07, 6.45) is 2.69. The van der Waals surface area contributed by atoms with Gasteiger partial charge >= 0.3 is 0 Å². The highest BCUT2D eigenvalue weighted by molar-refractivity contribution is 7.82. The van der Waals surface area contributed by atoms with Crippen molar-refractivity contribution in [3.05, 3.63) is 30.3 Å². The second-order valence-corrected chi connectivity index (χ2v) is 5.29. The van der Waals surface area contributed by atoms with E-state index >= 15 is 0 Å². The molecule has 20 heavy (non-hydrogen) atoms. The minimum atomic E-state index is -0.620. The van der Waals surface area contributed by atoms with Gasteiger partial charge in [0.1, 0.15) is 17.2 Å².